The van der Waals surface area contributed by atoms with Crippen LogP contribution in [0.1, 0.15) is 28.7 Å². The largest absolute Gasteiger partial charge is 0.370 e. The van der Waals surface area contributed by atoms with Gasteiger partial charge in [0, 0.05) is 13.3 Å². The zero-order valence-electron chi connectivity index (χ0n) is 10.3. The molecule has 2 rings (SSSR count). The monoisotopic (exact) mass is 228 g/mol. The van der Waals surface area contributed by atoms with Gasteiger partial charge in [0.05, 0.1) is 17.1 Å². The van der Waals surface area contributed by atoms with Crippen molar-refractivity contribution in [3.63, 3.8) is 0 Å². The summed E-state index contributed by atoms with van der Waals surface area (Å²) in [6, 6.07) is 10.1. The first kappa shape index (κ1) is 11.7. The molecule has 1 aromatic heterocycles. The lowest BCUT2D eigenvalue weighted by Crippen LogP contribution is -2.09. The third-order valence-electron chi connectivity index (χ3n) is 2.70. The normalized spacial score (nSPS) is 12.4. The van der Waals surface area contributed by atoms with Crippen molar-refractivity contribution in [3.8, 4) is 0 Å². The SMILES string of the molecule is COC(c1ccccc1)c1nc(C)cnc1C. The van der Waals surface area contributed by atoms with E-state index in [1.165, 1.54) is 0 Å². The molecule has 0 aliphatic heterocycles. The van der Waals surface area contributed by atoms with E-state index in [1.807, 2.05) is 44.2 Å². The topological polar surface area (TPSA) is 35.0 Å². The summed E-state index contributed by atoms with van der Waals surface area (Å²) in [6.07, 6.45) is 1.62. The van der Waals surface area contributed by atoms with E-state index in [1.54, 1.807) is 13.3 Å². The highest BCUT2D eigenvalue weighted by atomic mass is 16.5. The Morgan fingerprint density at radius 1 is 1.12 bits per heavy atom. The zero-order chi connectivity index (χ0) is 12.3. The second-order valence-corrected chi connectivity index (χ2v) is 4.01. The lowest BCUT2D eigenvalue weighted by Gasteiger charge is -2.17. The first-order valence-corrected chi connectivity index (χ1v) is 5.60. The van der Waals surface area contributed by atoms with Gasteiger partial charge < -0.3 is 4.74 Å². The van der Waals surface area contributed by atoms with E-state index in [0.29, 0.717) is 0 Å². The summed E-state index contributed by atoms with van der Waals surface area (Å²) in [5.41, 5.74) is 3.80. The van der Waals surface area contributed by atoms with Gasteiger partial charge in [-0.2, -0.15) is 0 Å². The fourth-order valence-corrected chi connectivity index (χ4v) is 1.84. The van der Waals surface area contributed by atoms with Gasteiger partial charge >= 0.3 is 0 Å². The third-order valence-corrected chi connectivity index (χ3v) is 2.70. The molecule has 0 spiro atoms. The van der Waals surface area contributed by atoms with Gasteiger partial charge in [-0.05, 0) is 19.4 Å². The Kier molecular flexibility index (Phi) is 3.49. The minimum absolute atomic E-state index is 0.149. The number of aromatic nitrogens is 2. The van der Waals surface area contributed by atoms with Crippen LogP contribution in [-0.2, 0) is 4.74 Å². The first-order valence-electron chi connectivity index (χ1n) is 5.60. The number of ether oxygens (including phenoxy) is 1. The number of rotatable bonds is 3. The van der Waals surface area contributed by atoms with Crippen molar-refractivity contribution < 1.29 is 4.74 Å². The minimum atomic E-state index is -0.149. The highest BCUT2D eigenvalue weighted by Crippen LogP contribution is 2.25. The lowest BCUT2D eigenvalue weighted by molar-refractivity contribution is 0.132. The average molecular weight is 228 g/mol. The van der Waals surface area contributed by atoms with Crippen molar-refractivity contribution in [2.75, 3.05) is 7.11 Å². The van der Waals surface area contributed by atoms with Crippen LogP contribution in [0.4, 0.5) is 0 Å². The van der Waals surface area contributed by atoms with E-state index in [0.717, 1.165) is 22.6 Å². The molecule has 3 heteroatoms. The van der Waals surface area contributed by atoms with E-state index >= 15 is 0 Å². The van der Waals surface area contributed by atoms with E-state index in [2.05, 4.69) is 9.97 Å². The summed E-state index contributed by atoms with van der Waals surface area (Å²) in [7, 11) is 1.70. The molecule has 0 fully saturated rings. The second-order valence-electron chi connectivity index (χ2n) is 4.01. The summed E-state index contributed by atoms with van der Waals surface area (Å²) in [5, 5.41) is 0. The second kappa shape index (κ2) is 5.06. The number of benzene rings is 1. The molecule has 0 aliphatic rings. The molecular formula is C14H16N2O. The molecule has 0 bridgehead atoms. The Bertz CT molecular complexity index is 497. The van der Waals surface area contributed by atoms with Crippen LogP contribution in [0.15, 0.2) is 36.5 Å². The quantitative estimate of drug-likeness (QED) is 0.810. The molecule has 1 unspecified atom stereocenters. The van der Waals surface area contributed by atoms with Crippen LogP contribution in [-0.4, -0.2) is 17.1 Å². The number of methoxy groups -OCH3 is 1. The maximum atomic E-state index is 5.56. The molecule has 0 radical (unpaired) electrons. The number of hydrogen-bond donors (Lipinski definition) is 0. The Hall–Kier alpha value is -1.74. The predicted octanol–water partition coefficient (Wildman–Crippen LogP) is 2.83. The summed E-state index contributed by atoms with van der Waals surface area (Å²) in [4.78, 5) is 8.86. The lowest BCUT2D eigenvalue weighted by atomic mass is 10.0. The van der Waals surface area contributed by atoms with Gasteiger partial charge in [-0.3, -0.25) is 9.97 Å². The molecule has 0 aliphatic carbocycles. The highest BCUT2D eigenvalue weighted by molar-refractivity contribution is 5.28. The number of nitrogens with zero attached hydrogens (tertiary/aromatic N) is 2. The van der Waals surface area contributed by atoms with Gasteiger partial charge in [-0.15, -0.1) is 0 Å². The van der Waals surface area contributed by atoms with Crippen molar-refractivity contribution in [1.82, 2.24) is 9.97 Å². The van der Waals surface area contributed by atoms with Crippen molar-refractivity contribution in [3.05, 3.63) is 59.2 Å². The Balaban J connectivity index is 2.46. The minimum Gasteiger partial charge on any atom is -0.370 e. The molecule has 1 atom stereocenters. The Morgan fingerprint density at radius 2 is 1.82 bits per heavy atom. The van der Waals surface area contributed by atoms with Crippen molar-refractivity contribution in [2.24, 2.45) is 0 Å². The molecule has 88 valence electrons. The van der Waals surface area contributed by atoms with E-state index < -0.39 is 0 Å². The van der Waals surface area contributed by atoms with Crippen LogP contribution in [0.5, 0.6) is 0 Å². The number of hydrogen-bond acceptors (Lipinski definition) is 3. The van der Waals surface area contributed by atoms with Crippen LogP contribution >= 0.6 is 0 Å². The maximum absolute atomic E-state index is 5.56. The molecule has 2 aromatic rings. The van der Waals surface area contributed by atoms with Gasteiger partial charge in [-0.25, -0.2) is 0 Å². The van der Waals surface area contributed by atoms with Gasteiger partial charge in [0.15, 0.2) is 0 Å². The van der Waals surface area contributed by atoms with Gasteiger partial charge in [-0.1, -0.05) is 30.3 Å². The molecule has 1 heterocycles. The van der Waals surface area contributed by atoms with E-state index in [-0.39, 0.29) is 6.10 Å². The van der Waals surface area contributed by atoms with Crippen LogP contribution in [0.3, 0.4) is 0 Å². The fourth-order valence-electron chi connectivity index (χ4n) is 1.84. The summed E-state index contributed by atoms with van der Waals surface area (Å²) >= 11 is 0. The van der Waals surface area contributed by atoms with Crippen LogP contribution in [0.25, 0.3) is 0 Å². The van der Waals surface area contributed by atoms with Crippen LogP contribution < -0.4 is 0 Å². The molecule has 0 amide bonds. The molecular weight excluding hydrogens is 212 g/mol. The average Bonchev–Trinajstić information content (AvgIpc) is 2.36. The zero-order valence-corrected chi connectivity index (χ0v) is 10.3. The fraction of sp³-hybridized carbons (Fsp3) is 0.286. The Labute approximate surface area is 102 Å². The molecule has 0 saturated heterocycles. The van der Waals surface area contributed by atoms with Gasteiger partial charge in [0.1, 0.15) is 6.10 Å². The molecule has 0 N–H and O–H groups in total. The van der Waals surface area contributed by atoms with E-state index in [4.69, 9.17) is 4.74 Å². The Morgan fingerprint density at radius 3 is 2.47 bits per heavy atom. The van der Waals surface area contributed by atoms with E-state index in [9.17, 15) is 0 Å². The van der Waals surface area contributed by atoms with Gasteiger partial charge in [0.25, 0.3) is 0 Å². The molecule has 3 nitrogen and oxygen atoms in total. The smallest absolute Gasteiger partial charge is 0.126 e. The van der Waals surface area contributed by atoms with Crippen molar-refractivity contribution >= 4 is 0 Å². The first-order chi connectivity index (χ1) is 8.22. The summed E-state index contributed by atoms with van der Waals surface area (Å²) in [6.45, 7) is 3.89. The molecule has 0 saturated carbocycles. The summed E-state index contributed by atoms with van der Waals surface area (Å²) in [5.74, 6) is 0. The van der Waals surface area contributed by atoms with Crippen molar-refractivity contribution in [1.29, 1.82) is 0 Å². The predicted molar refractivity (Wildman–Crippen MR) is 66.8 cm³/mol. The highest BCUT2D eigenvalue weighted by Gasteiger charge is 2.17. The van der Waals surface area contributed by atoms with Crippen LogP contribution in [0.2, 0.25) is 0 Å². The summed E-state index contributed by atoms with van der Waals surface area (Å²) < 4.78 is 5.56. The number of aryl methyl sites for hydroxylation is 2. The third kappa shape index (κ3) is 2.50. The standard InChI is InChI=1S/C14H16N2O/c1-10-9-15-11(2)13(16-10)14(17-3)12-7-5-4-6-8-12/h4-9,14H,1-3H3. The molecule has 17 heavy (non-hydrogen) atoms. The maximum Gasteiger partial charge on any atom is 0.126 e. The molecule has 1 aromatic carbocycles. The van der Waals surface area contributed by atoms with Crippen molar-refractivity contribution in [2.45, 2.75) is 20.0 Å². The van der Waals surface area contributed by atoms with Crippen LogP contribution in [0, 0.1) is 13.8 Å². The van der Waals surface area contributed by atoms with Gasteiger partial charge in [0.2, 0.25) is 0 Å².